The number of nitrogens with zero attached hydrogens (tertiary/aromatic N) is 4. The minimum Gasteiger partial charge on any atom is -0.496 e. The summed E-state index contributed by atoms with van der Waals surface area (Å²) < 4.78 is 11.5. The normalized spacial score (nSPS) is 26.6. The summed E-state index contributed by atoms with van der Waals surface area (Å²) >= 11 is 1.70. The standard InChI is InChI=1S/C42H56N4O5S/c1-28-24-31(8-11-34(28)50-5)42-18-15-41(16-19-42,17-20-42)27-46(36-25-30(12-21-43-36)35-26-44-38(52-35)40(2,3)4)37(48)29-6-9-33(10-7-29)51-39(49)45-22-13-32(47)14-23-45/h8,11-12,21,24-26,29,32-33,47H,6-7,9-10,13-20,22-23,27H2,1-5H3/t29-,33-,41?,42?. The molecule has 0 unspecified atom stereocenters. The van der Waals surface area contributed by atoms with E-state index in [1.54, 1.807) is 23.3 Å². The van der Waals surface area contributed by atoms with Gasteiger partial charge >= 0.3 is 6.09 Å². The SMILES string of the molecule is COc1ccc(C23CCC(CN(c4cc(-c5cnc(C(C)(C)C)s5)ccn4)C(=O)[C@H]4CC[C@H](OC(=O)N5CCC(O)CC5)CC4)(CC2)CC3)cc1C. The molecule has 2 bridgehead atoms. The van der Waals surface area contributed by atoms with E-state index in [0.717, 1.165) is 65.5 Å². The highest BCUT2D eigenvalue weighted by Gasteiger charge is 2.51. The van der Waals surface area contributed by atoms with Gasteiger partial charge in [-0.2, -0.15) is 0 Å². The van der Waals surface area contributed by atoms with Gasteiger partial charge < -0.3 is 19.5 Å². The Morgan fingerprint density at radius 3 is 2.27 bits per heavy atom. The van der Waals surface area contributed by atoms with Crippen LogP contribution in [0.3, 0.4) is 0 Å². The Kier molecular flexibility index (Phi) is 10.4. The molecule has 0 radical (unpaired) electrons. The van der Waals surface area contributed by atoms with Crippen LogP contribution in [-0.4, -0.2) is 70.9 Å². The minimum absolute atomic E-state index is 0.0366. The molecule has 280 valence electrons. The Bertz CT molecular complexity index is 1730. The smallest absolute Gasteiger partial charge is 0.410 e. The molecule has 2 aromatic heterocycles. The summed E-state index contributed by atoms with van der Waals surface area (Å²) in [6.07, 6.45) is 13.5. The zero-order valence-corrected chi connectivity index (χ0v) is 32.5. The number of aliphatic hydroxyl groups excluding tert-OH is 1. The Balaban J connectivity index is 1.09. The summed E-state index contributed by atoms with van der Waals surface area (Å²) in [6.45, 7) is 10.4. The van der Waals surface area contributed by atoms with Crippen LogP contribution in [0.4, 0.5) is 10.6 Å². The number of aryl methyl sites for hydroxylation is 1. The molecular weight excluding hydrogens is 673 g/mol. The first-order chi connectivity index (χ1) is 24.9. The Morgan fingerprint density at radius 2 is 1.65 bits per heavy atom. The first-order valence-corrected chi connectivity index (χ1v) is 20.2. The summed E-state index contributed by atoms with van der Waals surface area (Å²) in [5.74, 6) is 1.65. The Labute approximate surface area is 313 Å². The van der Waals surface area contributed by atoms with Crippen LogP contribution in [0.2, 0.25) is 0 Å². The maximum atomic E-state index is 14.7. The predicted octanol–water partition coefficient (Wildman–Crippen LogP) is 8.60. The van der Waals surface area contributed by atoms with Gasteiger partial charge in [0.1, 0.15) is 17.7 Å². The minimum atomic E-state index is -0.339. The van der Waals surface area contributed by atoms with Crippen LogP contribution >= 0.6 is 11.3 Å². The third kappa shape index (κ3) is 7.61. The van der Waals surface area contributed by atoms with Crippen molar-refractivity contribution in [1.82, 2.24) is 14.9 Å². The van der Waals surface area contributed by atoms with Gasteiger partial charge in [-0.05, 0) is 130 Å². The number of aromatic nitrogens is 2. The van der Waals surface area contributed by atoms with Crippen LogP contribution < -0.4 is 9.64 Å². The molecule has 3 heterocycles. The van der Waals surface area contributed by atoms with Gasteiger partial charge in [0.2, 0.25) is 5.91 Å². The van der Waals surface area contributed by atoms with Gasteiger partial charge in [-0.25, -0.2) is 14.8 Å². The largest absolute Gasteiger partial charge is 0.496 e. The molecule has 1 aliphatic heterocycles. The number of benzene rings is 1. The van der Waals surface area contributed by atoms with Gasteiger partial charge in [-0.15, -0.1) is 11.3 Å². The topological polar surface area (TPSA) is 105 Å². The lowest BCUT2D eigenvalue weighted by atomic mass is 9.51. The average molecular weight is 729 g/mol. The second-order valence-electron chi connectivity index (χ2n) is 17.1. The van der Waals surface area contributed by atoms with Crippen LogP contribution in [0.1, 0.15) is 114 Å². The number of ether oxygens (including phenoxy) is 2. The van der Waals surface area contributed by atoms with E-state index in [1.807, 2.05) is 23.4 Å². The molecule has 52 heavy (non-hydrogen) atoms. The number of pyridine rings is 1. The highest BCUT2D eigenvalue weighted by molar-refractivity contribution is 7.15. The van der Waals surface area contributed by atoms with Crippen molar-refractivity contribution in [2.75, 3.05) is 31.6 Å². The second-order valence-corrected chi connectivity index (χ2v) is 18.2. The number of aliphatic hydroxyl groups is 1. The fourth-order valence-corrected chi connectivity index (χ4v) is 10.1. The Hall–Kier alpha value is -3.50. The van der Waals surface area contributed by atoms with Crippen LogP contribution in [-0.2, 0) is 20.4 Å². The van der Waals surface area contributed by atoms with E-state index in [0.29, 0.717) is 58.2 Å². The van der Waals surface area contributed by atoms with Crippen molar-refractivity contribution in [3.05, 3.63) is 58.9 Å². The van der Waals surface area contributed by atoms with Crippen molar-refractivity contribution in [3.63, 3.8) is 0 Å². The molecule has 2 amide bonds. The average Bonchev–Trinajstić information content (AvgIpc) is 3.67. The van der Waals surface area contributed by atoms with Crippen LogP contribution in [0.25, 0.3) is 10.4 Å². The van der Waals surface area contributed by atoms with Gasteiger partial charge in [0.15, 0.2) is 0 Å². The maximum absolute atomic E-state index is 14.7. The molecule has 5 aliphatic rings. The summed E-state index contributed by atoms with van der Waals surface area (Å²) in [7, 11) is 1.73. The third-order valence-electron chi connectivity index (χ3n) is 12.6. The second kappa shape index (κ2) is 14.7. The molecule has 1 saturated heterocycles. The lowest BCUT2D eigenvalue weighted by molar-refractivity contribution is -0.124. The number of carbonyl (C=O) groups is 2. The number of likely N-dealkylation sites (tertiary alicyclic amines) is 1. The van der Waals surface area contributed by atoms with Gasteiger partial charge in [0, 0.05) is 43.4 Å². The van der Waals surface area contributed by atoms with E-state index in [4.69, 9.17) is 19.4 Å². The third-order valence-corrected chi connectivity index (χ3v) is 14.1. The molecular formula is C42H56N4O5S. The van der Waals surface area contributed by atoms with Gasteiger partial charge in [0.25, 0.3) is 0 Å². The molecule has 1 aromatic carbocycles. The van der Waals surface area contributed by atoms with Crippen molar-refractivity contribution in [1.29, 1.82) is 0 Å². The molecule has 10 heteroatoms. The highest BCUT2D eigenvalue weighted by atomic mass is 32.1. The van der Waals surface area contributed by atoms with E-state index in [-0.39, 0.29) is 46.4 Å². The van der Waals surface area contributed by atoms with Crippen molar-refractivity contribution in [2.45, 2.75) is 128 Å². The maximum Gasteiger partial charge on any atom is 0.410 e. The van der Waals surface area contributed by atoms with Crippen molar-refractivity contribution in [3.8, 4) is 16.2 Å². The van der Waals surface area contributed by atoms with Crippen LogP contribution in [0.5, 0.6) is 5.75 Å². The number of methoxy groups -OCH3 is 1. The number of hydrogen-bond acceptors (Lipinski definition) is 8. The number of amides is 2. The van der Waals surface area contributed by atoms with Gasteiger partial charge in [-0.1, -0.05) is 32.9 Å². The number of anilines is 1. The summed E-state index contributed by atoms with van der Waals surface area (Å²) in [5, 5.41) is 10.9. The van der Waals surface area contributed by atoms with Crippen molar-refractivity contribution < 1.29 is 24.2 Å². The number of fused-ring (bicyclic) bond motifs is 3. The Morgan fingerprint density at radius 1 is 0.962 bits per heavy atom. The lowest BCUT2D eigenvalue weighted by Gasteiger charge is -2.55. The van der Waals surface area contributed by atoms with Crippen LogP contribution in [0, 0.1) is 18.3 Å². The highest BCUT2D eigenvalue weighted by Crippen LogP contribution is 2.58. The first-order valence-electron chi connectivity index (χ1n) is 19.4. The van der Waals surface area contributed by atoms with E-state index in [2.05, 4.69) is 52.0 Å². The zero-order valence-electron chi connectivity index (χ0n) is 31.7. The van der Waals surface area contributed by atoms with E-state index in [9.17, 15) is 14.7 Å². The zero-order chi connectivity index (χ0) is 36.7. The summed E-state index contributed by atoms with van der Waals surface area (Å²) in [6, 6.07) is 10.8. The van der Waals surface area contributed by atoms with Gasteiger partial charge in [-0.3, -0.25) is 9.69 Å². The fourth-order valence-electron chi connectivity index (χ4n) is 9.14. The molecule has 3 aromatic rings. The molecule has 5 fully saturated rings. The number of rotatable bonds is 8. The molecule has 0 atom stereocenters. The number of piperidine rings is 1. The molecule has 0 spiro atoms. The number of hydrogen-bond donors (Lipinski definition) is 1. The molecule has 9 nitrogen and oxygen atoms in total. The van der Waals surface area contributed by atoms with E-state index in [1.165, 1.54) is 11.1 Å². The molecule has 4 aliphatic carbocycles. The fraction of sp³-hybridized carbons (Fsp3) is 0.619. The molecule has 8 rings (SSSR count). The van der Waals surface area contributed by atoms with E-state index >= 15 is 0 Å². The van der Waals surface area contributed by atoms with Crippen molar-refractivity contribution >= 4 is 29.2 Å². The van der Waals surface area contributed by atoms with Crippen LogP contribution in [0.15, 0.2) is 42.7 Å². The molecule has 1 N–H and O–H groups in total. The number of thiazole rings is 1. The monoisotopic (exact) mass is 728 g/mol. The number of carbonyl (C=O) groups excluding carboxylic acids is 2. The summed E-state index contributed by atoms with van der Waals surface area (Å²) in [4.78, 5) is 42.0. The summed E-state index contributed by atoms with van der Waals surface area (Å²) in [5.41, 5.74) is 3.85. The quantitative estimate of drug-likeness (QED) is 0.248. The first kappa shape index (κ1) is 36.8. The van der Waals surface area contributed by atoms with Crippen molar-refractivity contribution in [2.24, 2.45) is 11.3 Å². The van der Waals surface area contributed by atoms with Gasteiger partial charge in [0.05, 0.1) is 23.1 Å². The molecule has 4 saturated carbocycles. The van der Waals surface area contributed by atoms with E-state index < -0.39 is 0 Å². The lowest BCUT2D eigenvalue weighted by Crippen LogP contribution is -2.52. The predicted molar refractivity (Wildman–Crippen MR) is 205 cm³/mol.